The van der Waals surface area contributed by atoms with Crippen molar-refractivity contribution in [1.29, 1.82) is 0 Å². The van der Waals surface area contributed by atoms with E-state index in [-0.39, 0.29) is 5.91 Å². The third kappa shape index (κ3) is 4.57. The van der Waals surface area contributed by atoms with Crippen LogP contribution in [0.1, 0.15) is 21.5 Å². The highest BCUT2D eigenvalue weighted by molar-refractivity contribution is 7.22. The second-order valence-electron chi connectivity index (χ2n) is 6.45. The lowest BCUT2D eigenvalue weighted by molar-refractivity contribution is -0.137. The van der Waals surface area contributed by atoms with Crippen molar-refractivity contribution in [2.45, 2.75) is 12.7 Å². The van der Waals surface area contributed by atoms with Gasteiger partial charge in [-0.15, -0.1) is 0 Å². The summed E-state index contributed by atoms with van der Waals surface area (Å²) in [5, 5.41) is 6.37. The number of hydrogen-bond acceptors (Lipinski definition) is 5. The van der Waals surface area contributed by atoms with Gasteiger partial charge < -0.3 is 10.6 Å². The Hall–Kier alpha value is -3.46. The first-order valence-electron chi connectivity index (χ1n) is 8.90. The van der Waals surface area contributed by atoms with Crippen LogP contribution in [-0.4, -0.2) is 15.9 Å². The number of carbonyl (C=O) groups excluding carboxylic acids is 1. The molecule has 0 atom stereocenters. The van der Waals surface area contributed by atoms with Crippen molar-refractivity contribution >= 4 is 38.3 Å². The summed E-state index contributed by atoms with van der Waals surface area (Å²) >= 11 is 1.31. The highest BCUT2D eigenvalue weighted by Gasteiger charge is 2.29. The molecule has 5 nitrogen and oxygen atoms in total. The number of pyridine rings is 1. The maximum atomic E-state index is 12.7. The Labute approximate surface area is 173 Å². The predicted octanol–water partition coefficient (Wildman–Crippen LogP) is 5.38. The summed E-state index contributed by atoms with van der Waals surface area (Å²) in [6.45, 7) is 0.369. The Bertz CT molecular complexity index is 1170. The SMILES string of the molecule is O=C(NCc1cccnc1)c1ccc2nc(Nc3ccc(C(F)(F)F)cc3)sc2c1. The molecule has 9 heteroatoms. The first-order chi connectivity index (χ1) is 14.4. The Morgan fingerprint density at radius 1 is 1.07 bits per heavy atom. The molecule has 0 saturated carbocycles. The van der Waals surface area contributed by atoms with Gasteiger partial charge in [0.05, 0.1) is 15.8 Å². The average Bonchev–Trinajstić information content (AvgIpc) is 3.14. The minimum Gasteiger partial charge on any atom is -0.348 e. The molecule has 0 aliphatic carbocycles. The van der Waals surface area contributed by atoms with Gasteiger partial charge >= 0.3 is 6.18 Å². The molecule has 2 N–H and O–H groups in total. The molecule has 0 fully saturated rings. The summed E-state index contributed by atoms with van der Waals surface area (Å²) in [6.07, 6.45) is -1.02. The maximum absolute atomic E-state index is 12.7. The van der Waals surface area contributed by atoms with Crippen LogP contribution in [0.3, 0.4) is 0 Å². The molecule has 30 heavy (non-hydrogen) atoms. The van der Waals surface area contributed by atoms with Crippen LogP contribution in [0.2, 0.25) is 0 Å². The van der Waals surface area contributed by atoms with Gasteiger partial charge in [0.25, 0.3) is 5.91 Å². The fraction of sp³-hybridized carbons (Fsp3) is 0.0952. The largest absolute Gasteiger partial charge is 0.416 e. The molecule has 4 rings (SSSR count). The van der Waals surface area contributed by atoms with E-state index in [0.29, 0.717) is 28.4 Å². The van der Waals surface area contributed by atoms with Crippen LogP contribution in [0, 0.1) is 0 Å². The number of anilines is 2. The maximum Gasteiger partial charge on any atom is 0.416 e. The standard InChI is InChI=1S/C21H15F3N4OS/c22-21(23,24)15-4-6-16(7-5-15)27-20-28-17-8-3-14(10-18(17)30-20)19(29)26-12-13-2-1-9-25-11-13/h1-11H,12H2,(H,26,29)(H,27,28). The molecule has 152 valence electrons. The molecule has 2 heterocycles. The van der Waals surface area contributed by atoms with Gasteiger partial charge in [0.1, 0.15) is 0 Å². The van der Waals surface area contributed by atoms with Crippen molar-refractivity contribution in [3.8, 4) is 0 Å². The Kier molecular flexibility index (Phi) is 5.37. The third-order valence-electron chi connectivity index (χ3n) is 4.29. The van der Waals surface area contributed by atoms with Crippen molar-refractivity contribution in [3.63, 3.8) is 0 Å². The molecule has 0 unspecified atom stereocenters. The number of thiazole rings is 1. The number of nitrogens with one attached hydrogen (secondary N) is 2. The lowest BCUT2D eigenvalue weighted by Crippen LogP contribution is -2.22. The molecule has 4 aromatic rings. The molecule has 0 radical (unpaired) electrons. The van der Waals surface area contributed by atoms with E-state index in [0.717, 1.165) is 22.4 Å². The number of rotatable bonds is 5. The topological polar surface area (TPSA) is 66.9 Å². The van der Waals surface area contributed by atoms with Gasteiger partial charge in [0.2, 0.25) is 0 Å². The van der Waals surface area contributed by atoms with E-state index >= 15 is 0 Å². The average molecular weight is 428 g/mol. The zero-order valence-electron chi connectivity index (χ0n) is 15.4. The molecule has 0 saturated heterocycles. The molecular weight excluding hydrogens is 413 g/mol. The molecule has 2 aromatic heterocycles. The van der Waals surface area contributed by atoms with E-state index in [9.17, 15) is 18.0 Å². The minimum absolute atomic E-state index is 0.216. The van der Waals surface area contributed by atoms with Crippen LogP contribution in [0.4, 0.5) is 24.0 Å². The first kappa shape index (κ1) is 19.8. The summed E-state index contributed by atoms with van der Waals surface area (Å²) in [5.74, 6) is -0.216. The fourth-order valence-electron chi connectivity index (χ4n) is 2.77. The predicted molar refractivity (Wildman–Crippen MR) is 110 cm³/mol. The molecule has 0 aliphatic rings. The van der Waals surface area contributed by atoms with Crippen molar-refractivity contribution < 1.29 is 18.0 Å². The van der Waals surface area contributed by atoms with Crippen LogP contribution >= 0.6 is 11.3 Å². The second-order valence-corrected chi connectivity index (χ2v) is 7.48. The molecule has 0 spiro atoms. The van der Waals surface area contributed by atoms with Crippen molar-refractivity contribution in [3.05, 3.63) is 83.7 Å². The van der Waals surface area contributed by atoms with E-state index in [1.165, 1.54) is 23.5 Å². The van der Waals surface area contributed by atoms with Crippen molar-refractivity contribution in [1.82, 2.24) is 15.3 Å². The summed E-state index contributed by atoms with van der Waals surface area (Å²) in [6, 6.07) is 13.6. The van der Waals surface area contributed by atoms with E-state index < -0.39 is 11.7 Å². The number of halogens is 3. The normalized spacial score (nSPS) is 11.4. The molecule has 0 aliphatic heterocycles. The Morgan fingerprint density at radius 2 is 1.87 bits per heavy atom. The van der Waals surface area contributed by atoms with Crippen LogP contribution in [0.15, 0.2) is 67.0 Å². The van der Waals surface area contributed by atoms with E-state index in [1.807, 2.05) is 6.07 Å². The number of aromatic nitrogens is 2. The van der Waals surface area contributed by atoms with E-state index in [1.54, 1.807) is 36.7 Å². The Morgan fingerprint density at radius 3 is 2.57 bits per heavy atom. The lowest BCUT2D eigenvalue weighted by Gasteiger charge is -2.07. The monoisotopic (exact) mass is 428 g/mol. The number of alkyl halides is 3. The first-order valence-corrected chi connectivity index (χ1v) is 9.72. The molecular formula is C21H15F3N4OS. The van der Waals surface area contributed by atoms with Gasteiger partial charge in [-0.05, 0) is 54.1 Å². The second kappa shape index (κ2) is 8.11. The van der Waals surface area contributed by atoms with Gasteiger partial charge in [0, 0.05) is 30.2 Å². The smallest absolute Gasteiger partial charge is 0.348 e. The van der Waals surface area contributed by atoms with Gasteiger partial charge in [-0.1, -0.05) is 17.4 Å². The third-order valence-corrected chi connectivity index (χ3v) is 5.22. The highest BCUT2D eigenvalue weighted by atomic mass is 32.1. The summed E-state index contributed by atoms with van der Waals surface area (Å²) < 4.78 is 38.8. The fourth-order valence-corrected chi connectivity index (χ4v) is 3.70. The van der Waals surface area contributed by atoms with Gasteiger partial charge in [-0.3, -0.25) is 9.78 Å². The quantitative estimate of drug-likeness (QED) is 0.448. The van der Waals surface area contributed by atoms with Crippen molar-refractivity contribution in [2.24, 2.45) is 0 Å². The number of hydrogen-bond donors (Lipinski definition) is 2. The van der Waals surface area contributed by atoms with Gasteiger partial charge in [-0.25, -0.2) is 4.98 Å². The van der Waals surface area contributed by atoms with Gasteiger partial charge in [0.15, 0.2) is 5.13 Å². The van der Waals surface area contributed by atoms with Gasteiger partial charge in [-0.2, -0.15) is 13.2 Å². The highest BCUT2D eigenvalue weighted by Crippen LogP contribution is 2.32. The van der Waals surface area contributed by atoms with Crippen LogP contribution in [0.5, 0.6) is 0 Å². The molecule has 1 amide bonds. The molecule has 2 aromatic carbocycles. The zero-order valence-corrected chi connectivity index (χ0v) is 16.2. The van der Waals surface area contributed by atoms with E-state index in [2.05, 4.69) is 20.6 Å². The number of amides is 1. The van der Waals surface area contributed by atoms with Crippen LogP contribution in [0.25, 0.3) is 10.2 Å². The number of nitrogens with zero attached hydrogens (tertiary/aromatic N) is 2. The summed E-state index contributed by atoms with van der Waals surface area (Å²) in [5.41, 5.74) is 1.87. The minimum atomic E-state index is -4.37. The molecule has 0 bridgehead atoms. The lowest BCUT2D eigenvalue weighted by atomic mass is 10.2. The van der Waals surface area contributed by atoms with Crippen molar-refractivity contribution in [2.75, 3.05) is 5.32 Å². The summed E-state index contributed by atoms with van der Waals surface area (Å²) in [4.78, 5) is 20.8. The number of benzene rings is 2. The number of carbonyl (C=O) groups is 1. The Balaban J connectivity index is 1.46. The van der Waals surface area contributed by atoms with Crippen LogP contribution in [-0.2, 0) is 12.7 Å². The zero-order chi connectivity index (χ0) is 21.1. The van der Waals surface area contributed by atoms with Crippen LogP contribution < -0.4 is 10.6 Å². The summed E-state index contributed by atoms with van der Waals surface area (Å²) in [7, 11) is 0. The van der Waals surface area contributed by atoms with E-state index in [4.69, 9.17) is 0 Å². The number of fused-ring (bicyclic) bond motifs is 1.